The Morgan fingerprint density at radius 1 is 1.02 bits per heavy atom. The summed E-state index contributed by atoms with van der Waals surface area (Å²) in [7, 11) is -3.87. The van der Waals surface area contributed by atoms with Crippen molar-refractivity contribution in [3.05, 3.63) is 12.0 Å². The molecule has 1 saturated heterocycles. The highest BCUT2D eigenvalue weighted by Crippen LogP contribution is 2.27. The minimum atomic E-state index is -3.87. The van der Waals surface area contributed by atoms with Gasteiger partial charge >= 0.3 is 0 Å². The van der Waals surface area contributed by atoms with Crippen molar-refractivity contribution in [1.82, 2.24) is 36.6 Å². The molecule has 0 bridgehead atoms. The summed E-state index contributed by atoms with van der Waals surface area (Å²) in [5.41, 5.74) is -1.49. The van der Waals surface area contributed by atoms with E-state index >= 15 is 0 Å². The van der Waals surface area contributed by atoms with E-state index < -0.39 is 63.3 Å². The molecule has 2 fully saturated rings. The first-order valence-corrected chi connectivity index (χ1v) is 17.6. The minimum Gasteiger partial charge on any atom is -0.356 e. The van der Waals surface area contributed by atoms with Gasteiger partial charge in [0.2, 0.25) is 35.5 Å². The Kier molecular flexibility index (Phi) is 14.9. The molecule has 16 heteroatoms. The van der Waals surface area contributed by atoms with Gasteiger partial charge in [0.05, 0.1) is 0 Å². The highest BCUT2D eigenvalue weighted by Gasteiger charge is 2.39. The number of guanidine groups is 1. The Labute approximate surface area is 272 Å². The van der Waals surface area contributed by atoms with Gasteiger partial charge < -0.3 is 31.9 Å². The number of carbonyl (C=O) groups is 5. The number of amides is 5. The normalized spacial score (nSPS) is 25.6. The van der Waals surface area contributed by atoms with Crippen LogP contribution in [0.15, 0.2) is 12.0 Å². The molecule has 2 aliphatic rings. The molecule has 4 atom stereocenters. The molecule has 5 amide bonds. The first-order valence-electron chi connectivity index (χ1n) is 16.1. The Bertz CT molecular complexity index is 1240. The summed E-state index contributed by atoms with van der Waals surface area (Å²) in [6, 6.07) is -2.95. The lowest BCUT2D eigenvalue weighted by Gasteiger charge is -2.34. The maximum atomic E-state index is 13.7. The summed E-state index contributed by atoms with van der Waals surface area (Å²) in [5.74, 6) is -3.23. The summed E-state index contributed by atoms with van der Waals surface area (Å²) >= 11 is 0. The van der Waals surface area contributed by atoms with E-state index in [9.17, 15) is 32.4 Å². The third-order valence-corrected chi connectivity index (χ3v) is 9.30. The molecule has 2 rings (SSSR count). The summed E-state index contributed by atoms with van der Waals surface area (Å²) in [4.78, 5) is 66.8. The van der Waals surface area contributed by atoms with Crippen LogP contribution in [0, 0.1) is 17.2 Å². The molecule has 1 heterocycles. The average Bonchev–Trinajstić information content (AvgIpc) is 3.00. The molecule has 0 radical (unpaired) electrons. The fourth-order valence-corrected chi connectivity index (χ4v) is 5.86. The average molecular weight is 669 g/mol. The summed E-state index contributed by atoms with van der Waals surface area (Å²) < 4.78 is 25.2. The molecule has 8 N–H and O–H groups in total. The van der Waals surface area contributed by atoms with Crippen LogP contribution >= 0.6 is 0 Å². The van der Waals surface area contributed by atoms with E-state index in [4.69, 9.17) is 5.41 Å². The first-order chi connectivity index (χ1) is 21.6. The molecule has 46 heavy (non-hydrogen) atoms. The number of sulfonamides is 1. The molecule has 0 spiro atoms. The Hall–Kier alpha value is -3.69. The second-order valence-corrected chi connectivity index (χ2v) is 14.2. The van der Waals surface area contributed by atoms with Crippen molar-refractivity contribution < 1.29 is 32.4 Å². The predicted octanol–water partition coefficient (Wildman–Crippen LogP) is 0.239. The predicted molar refractivity (Wildman–Crippen MR) is 174 cm³/mol. The van der Waals surface area contributed by atoms with Gasteiger partial charge in [-0.2, -0.15) is 0 Å². The maximum Gasteiger partial charge on any atom is 0.256 e. The molecule has 1 aliphatic heterocycles. The van der Waals surface area contributed by atoms with E-state index in [1.165, 1.54) is 6.92 Å². The monoisotopic (exact) mass is 668 g/mol. The lowest BCUT2D eigenvalue weighted by Crippen LogP contribution is -2.63. The van der Waals surface area contributed by atoms with Crippen molar-refractivity contribution in [2.24, 2.45) is 11.8 Å². The Morgan fingerprint density at radius 2 is 1.65 bits per heavy atom. The molecular formula is C30H52N8O7S. The van der Waals surface area contributed by atoms with E-state index in [0.717, 1.165) is 32.1 Å². The van der Waals surface area contributed by atoms with Gasteiger partial charge in [0.25, 0.3) is 10.0 Å². The quantitative estimate of drug-likeness (QED) is 0.0862. The molecule has 1 aliphatic carbocycles. The van der Waals surface area contributed by atoms with E-state index in [2.05, 4.69) is 38.5 Å². The zero-order valence-electron chi connectivity index (χ0n) is 27.4. The topological polar surface area (TPSA) is 228 Å². The van der Waals surface area contributed by atoms with Gasteiger partial charge in [-0.05, 0) is 44.9 Å². The SMILES string of the molecule is C=CS(=O)(=O)NC(=N)NCCC[C@@H]1NC(=O)[C@](C)(NC(=O)C(C)C)CCNC(=O)[C@@H](CC2CCCCC2)NC(=O)[C@H](CC)NC1=O. The smallest absolute Gasteiger partial charge is 0.256 e. The van der Waals surface area contributed by atoms with Crippen molar-refractivity contribution in [3.8, 4) is 0 Å². The van der Waals surface area contributed by atoms with Crippen LogP contribution in [-0.2, 0) is 34.0 Å². The molecule has 0 aromatic carbocycles. The summed E-state index contributed by atoms with van der Waals surface area (Å²) in [5, 5.41) is 24.9. The summed E-state index contributed by atoms with van der Waals surface area (Å²) in [6.07, 6.45) is 6.15. The minimum absolute atomic E-state index is 0.0151. The first kappa shape index (κ1) is 38.5. The van der Waals surface area contributed by atoms with Crippen molar-refractivity contribution in [3.63, 3.8) is 0 Å². The van der Waals surface area contributed by atoms with Gasteiger partial charge in [-0.15, -0.1) is 0 Å². The van der Waals surface area contributed by atoms with Crippen molar-refractivity contribution in [2.75, 3.05) is 13.1 Å². The second kappa shape index (κ2) is 17.9. The maximum absolute atomic E-state index is 13.7. The standard InChI is InChI=1S/C30H52N8O7S/c1-6-21-26(41)35-23(18-20-12-9-8-10-13-20)25(40)32-17-15-30(5,37-24(39)19(3)4)28(43)36-22(27(42)34-21)14-11-16-33-29(31)38-46(44,45)7-2/h7,19-23H,2,6,8-18H2,1,3-5H3,(H,32,40)(H,34,42)(H,35,41)(H,36,43)(H,37,39)(H3,31,33,38)/t21-,22-,23+,30+/m0/s1. The highest BCUT2D eigenvalue weighted by molar-refractivity contribution is 7.92. The van der Waals surface area contributed by atoms with Crippen LogP contribution in [0.4, 0.5) is 0 Å². The van der Waals surface area contributed by atoms with Crippen LogP contribution in [0.25, 0.3) is 0 Å². The van der Waals surface area contributed by atoms with Gasteiger partial charge in [0.1, 0.15) is 23.7 Å². The fraction of sp³-hybridized carbons (Fsp3) is 0.733. The van der Waals surface area contributed by atoms with Crippen LogP contribution < -0.4 is 36.6 Å². The van der Waals surface area contributed by atoms with E-state index in [1.54, 1.807) is 20.8 Å². The van der Waals surface area contributed by atoms with Crippen LogP contribution in [0.5, 0.6) is 0 Å². The lowest BCUT2D eigenvalue weighted by molar-refractivity contribution is -0.138. The van der Waals surface area contributed by atoms with Gasteiger partial charge in [-0.3, -0.25) is 34.1 Å². The van der Waals surface area contributed by atoms with Crippen molar-refractivity contribution in [1.29, 1.82) is 5.41 Å². The second-order valence-electron chi connectivity index (χ2n) is 12.6. The fourth-order valence-electron chi connectivity index (χ4n) is 5.42. The van der Waals surface area contributed by atoms with Gasteiger partial charge in [-0.1, -0.05) is 59.5 Å². The Balaban J connectivity index is 2.32. The van der Waals surface area contributed by atoms with E-state index in [1.807, 2.05) is 4.72 Å². The molecular weight excluding hydrogens is 616 g/mol. The highest BCUT2D eigenvalue weighted by atomic mass is 32.2. The van der Waals surface area contributed by atoms with E-state index in [0.29, 0.717) is 11.8 Å². The molecule has 1 saturated carbocycles. The van der Waals surface area contributed by atoms with Crippen LogP contribution in [-0.4, -0.2) is 80.7 Å². The number of hydrogen-bond donors (Lipinski definition) is 8. The molecule has 15 nitrogen and oxygen atoms in total. The van der Waals surface area contributed by atoms with Crippen LogP contribution in [0.1, 0.15) is 91.9 Å². The lowest BCUT2D eigenvalue weighted by atomic mass is 9.84. The van der Waals surface area contributed by atoms with Crippen molar-refractivity contribution >= 4 is 45.5 Å². The van der Waals surface area contributed by atoms with Gasteiger partial charge in [-0.25, -0.2) is 8.42 Å². The van der Waals surface area contributed by atoms with Gasteiger partial charge in [0.15, 0.2) is 0 Å². The molecule has 0 unspecified atom stereocenters. The number of hydrogen-bond acceptors (Lipinski definition) is 8. The number of rotatable bonds is 11. The zero-order chi connectivity index (χ0) is 34.5. The summed E-state index contributed by atoms with van der Waals surface area (Å²) in [6.45, 7) is 9.88. The molecule has 260 valence electrons. The third-order valence-electron chi connectivity index (χ3n) is 8.37. The van der Waals surface area contributed by atoms with Crippen LogP contribution in [0.3, 0.4) is 0 Å². The Morgan fingerprint density at radius 3 is 2.26 bits per heavy atom. The van der Waals surface area contributed by atoms with Crippen LogP contribution in [0.2, 0.25) is 0 Å². The third kappa shape index (κ3) is 12.2. The number of carbonyl (C=O) groups excluding carboxylic acids is 5. The number of nitrogens with one attached hydrogen (secondary N) is 8. The molecule has 0 aromatic heterocycles. The van der Waals surface area contributed by atoms with Crippen molar-refractivity contribution in [2.45, 2.75) is 116 Å². The van der Waals surface area contributed by atoms with E-state index in [-0.39, 0.29) is 56.5 Å². The van der Waals surface area contributed by atoms with Gasteiger partial charge in [0, 0.05) is 24.4 Å². The largest absolute Gasteiger partial charge is 0.356 e. The molecule has 0 aromatic rings. The zero-order valence-corrected chi connectivity index (χ0v) is 28.2.